The van der Waals surface area contributed by atoms with E-state index >= 15 is 0 Å². The summed E-state index contributed by atoms with van der Waals surface area (Å²) in [4.78, 5) is 23.2. The van der Waals surface area contributed by atoms with Crippen LogP contribution < -0.4 is 11.1 Å². The van der Waals surface area contributed by atoms with Gasteiger partial charge in [0.05, 0.1) is 12.0 Å². The van der Waals surface area contributed by atoms with Gasteiger partial charge in [0.1, 0.15) is 0 Å². The maximum Gasteiger partial charge on any atom is 0.312 e. The molecule has 0 saturated carbocycles. The van der Waals surface area contributed by atoms with Crippen molar-refractivity contribution in [2.45, 2.75) is 32.2 Å². The van der Waals surface area contributed by atoms with Crippen LogP contribution in [0.1, 0.15) is 31.7 Å². The highest BCUT2D eigenvalue weighted by Gasteiger charge is 2.23. The van der Waals surface area contributed by atoms with E-state index in [4.69, 9.17) is 5.73 Å². The lowest BCUT2D eigenvalue weighted by Crippen LogP contribution is -2.46. The second-order valence-corrected chi connectivity index (χ2v) is 4.96. The Bertz CT molecular complexity index is 448. The summed E-state index contributed by atoms with van der Waals surface area (Å²) in [6.45, 7) is 3.90. The first kappa shape index (κ1) is 16.2. The highest BCUT2D eigenvalue weighted by Crippen LogP contribution is 2.15. The van der Waals surface area contributed by atoms with E-state index in [9.17, 15) is 14.7 Å². The van der Waals surface area contributed by atoms with Crippen molar-refractivity contribution in [2.75, 3.05) is 6.54 Å². The zero-order chi connectivity index (χ0) is 15.1. The molecule has 0 spiro atoms. The first-order valence-electron chi connectivity index (χ1n) is 6.78. The number of hydrogen-bond acceptors (Lipinski definition) is 3. The van der Waals surface area contributed by atoms with E-state index in [0.29, 0.717) is 5.56 Å². The fourth-order valence-electron chi connectivity index (χ4n) is 1.87. The van der Waals surface area contributed by atoms with Crippen LogP contribution in [0.4, 0.5) is 0 Å². The van der Waals surface area contributed by atoms with Gasteiger partial charge < -0.3 is 16.2 Å². The third-order valence-electron chi connectivity index (χ3n) is 3.54. The quantitative estimate of drug-likeness (QED) is 0.702. The number of rotatable bonds is 7. The molecule has 0 aliphatic rings. The van der Waals surface area contributed by atoms with Crippen LogP contribution in [0.25, 0.3) is 0 Å². The molecule has 1 rings (SSSR count). The molecule has 0 aromatic heterocycles. The molecule has 0 fully saturated rings. The van der Waals surface area contributed by atoms with E-state index in [1.54, 1.807) is 24.3 Å². The minimum atomic E-state index is -0.964. The van der Waals surface area contributed by atoms with E-state index in [1.165, 1.54) is 0 Å². The number of carboxylic acid groups (broad SMARTS) is 1. The van der Waals surface area contributed by atoms with Gasteiger partial charge in [0.2, 0.25) is 5.91 Å². The van der Waals surface area contributed by atoms with Gasteiger partial charge in [-0.15, -0.1) is 0 Å². The summed E-state index contributed by atoms with van der Waals surface area (Å²) in [7, 11) is 0. The van der Waals surface area contributed by atoms with Gasteiger partial charge in [-0.2, -0.15) is 0 Å². The highest BCUT2D eigenvalue weighted by molar-refractivity contribution is 5.83. The Labute approximate surface area is 119 Å². The average molecular weight is 278 g/mol. The van der Waals surface area contributed by atoms with E-state index in [-0.39, 0.29) is 18.4 Å². The maximum atomic E-state index is 11.9. The van der Waals surface area contributed by atoms with Crippen LogP contribution in [0.3, 0.4) is 0 Å². The molecule has 20 heavy (non-hydrogen) atoms. The van der Waals surface area contributed by atoms with Gasteiger partial charge >= 0.3 is 5.97 Å². The number of benzene rings is 1. The second-order valence-electron chi connectivity index (χ2n) is 4.96. The predicted octanol–water partition coefficient (Wildman–Crippen LogP) is 1.34. The molecule has 3 atom stereocenters. The molecule has 0 aliphatic carbocycles. The third kappa shape index (κ3) is 4.35. The molecular formula is C15H22N2O3. The molecule has 0 heterocycles. The zero-order valence-electron chi connectivity index (χ0n) is 11.9. The number of hydrogen-bond donors (Lipinski definition) is 3. The molecule has 0 aliphatic heterocycles. The summed E-state index contributed by atoms with van der Waals surface area (Å²) in [6, 6.07) is 8.24. The predicted molar refractivity (Wildman–Crippen MR) is 77.3 cm³/mol. The van der Waals surface area contributed by atoms with Crippen molar-refractivity contribution in [3.8, 4) is 0 Å². The molecule has 5 nitrogen and oxygen atoms in total. The van der Waals surface area contributed by atoms with E-state index < -0.39 is 17.9 Å². The number of carbonyl (C=O) groups excluding carboxylic acids is 1. The van der Waals surface area contributed by atoms with Crippen molar-refractivity contribution in [3.05, 3.63) is 35.9 Å². The van der Waals surface area contributed by atoms with Crippen LogP contribution in [0.2, 0.25) is 0 Å². The van der Waals surface area contributed by atoms with E-state index in [1.807, 2.05) is 19.9 Å². The van der Waals surface area contributed by atoms with Crippen LogP contribution in [0.15, 0.2) is 30.3 Å². The first-order valence-corrected chi connectivity index (χ1v) is 6.78. The van der Waals surface area contributed by atoms with Crippen molar-refractivity contribution in [1.29, 1.82) is 0 Å². The third-order valence-corrected chi connectivity index (χ3v) is 3.54. The lowest BCUT2D eigenvalue weighted by atomic mass is 9.97. The fourth-order valence-corrected chi connectivity index (χ4v) is 1.87. The van der Waals surface area contributed by atoms with Crippen molar-refractivity contribution in [3.63, 3.8) is 0 Å². The Morgan fingerprint density at radius 1 is 1.30 bits per heavy atom. The summed E-state index contributed by atoms with van der Waals surface area (Å²) in [5, 5.41) is 11.9. The van der Waals surface area contributed by atoms with Crippen LogP contribution in [-0.4, -0.2) is 29.6 Å². The van der Waals surface area contributed by atoms with Crippen LogP contribution in [-0.2, 0) is 9.59 Å². The number of amides is 1. The first-order chi connectivity index (χ1) is 9.47. The number of carbonyl (C=O) groups is 2. The topological polar surface area (TPSA) is 92.4 Å². The van der Waals surface area contributed by atoms with Gasteiger partial charge in [-0.05, 0) is 11.5 Å². The summed E-state index contributed by atoms with van der Waals surface area (Å²) >= 11 is 0. The molecule has 110 valence electrons. The van der Waals surface area contributed by atoms with Crippen molar-refractivity contribution in [2.24, 2.45) is 11.7 Å². The van der Waals surface area contributed by atoms with Gasteiger partial charge in [0.25, 0.3) is 0 Å². The Kier molecular flexibility index (Phi) is 6.18. The fraction of sp³-hybridized carbons (Fsp3) is 0.467. The summed E-state index contributed by atoms with van der Waals surface area (Å²) < 4.78 is 0. The number of aliphatic carboxylic acids is 1. The minimum absolute atomic E-state index is 0.0440. The Balaban J connectivity index is 2.65. The Morgan fingerprint density at radius 3 is 2.40 bits per heavy atom. The minimum Gasteiger partial charge on any atom is -0.481 e. The van der Waals surface area contributed by atoms with Gasteiger partial charge in [0, 0.05) is 6.54 Å². The van der Waals surface area contributed by atoms with Crippen LogP contribution in [0.5, 0.6) is 0 Å². The highest BCUT2D eigenvalue weighted by atomic mass is 16.4. The lowest BCUT2D eigenvalue weighted by molar-refractivity contribution is -0.138. The molecule has 0 bridgehead atoms. The molecule has 5 heteroatoms. The molecule has 2 unspecified atom stereocenters. The summed E-state index contributed by atoms with van der Waals surface area (Å²) in [5.74, 6) is -1.96. The average Bonchev–Trinajstić information content (AvgIpc) is 2.46. The number of nitrogens with two attached hydrogens (primary N) is 1. The van der Waals surface area contributed by atoms with Crippen molar-refractivity contribution >= 4 is 11.9 Å². The molecule has 1 aromatic carbocycles. The number of carboxylic acids is 1. The van der Waals surface area contributed by atoms with E-state index in [2.05, 4.69) is 5.32 Å². The number of nitrogens with one attached hydrogen (secondary N) is 1. The standard InChI is InChI=1S/C15H22N2O3/c1-3-10(2)13(16)14(18)17-9-12(15(19)20)11-7-5-4-6-8-11/h4-8,10,12-13H,3,9,16H2,1-2H3,(H,17,18)(H,19,20)/t10?,12?,13-/m0/s1. The Morgan fingerprint density at radius 2 is 1.90 bits per heavy atom. The second kappa shape index (κ2) is 7.65. The van der Waals surface area contributed by atoms with Gasteiger partial charge in [0.15, 0.2) is 0 Å². The molecule has 1 amide bonds. The van der Waals surface area contributed by atoms with Crippen LogP contribution >= 0.6 is 0 Å². The summed E-state index contributed by atoms with van der Waals surface area (Å²) in [6.07, 6.45) is 0.801. The zero-order valence-corrected chi connectivity index (χ0v) is 11.9. The molecule has 0 saturated heterocycles. The largest absolute Gasteiger partial charge is 0.481 e. The normalized spacial score (nSPS) is 15.2. The Hall–Kier alpha value is -1.88. The molecule has 1 aromatic rings. The smallest absolute Gasteiger partial charge is 0.312 e. The molecule has 0 radical (unpaired) electrons. The summed E-state index contributed by atoms with van der Waals surface area (Å²) in [5.41, 5.74) is 6.48. The van der Waals surface area contributed by atoms with E-state index in [0.717, 1.165) is 6.42 Å². The van der Waals surface area contributed by atoms with Crippen LogP contribution in [0, 0.1) is 5.92 Å². The maximum absolute atomic E-state index is 11.9. The molecular weight excluding hydrogens is 256 g/mol. The van der Waals surface area contributed by atoms with Crippen molar-refractivity contribution < 1.29 is 14.7 Å². The molecule has 4 N–H and O–H groups in total. The van der Waals surface area contributed by atoms with Crippen molar-refractivity contribution in [1.82, 2.24) is 5.32 Å². The van der Waals surface area contributed by atoms with Gasteiger partial charge in [-0.25, -0.2) is 0 Å². The van der Waals surface area contributed by atoms with Gasteiger partial charge in [-0.3, -0.25) is 9.59 Å². The monoisotopic (exact) mass is 278 g/mol. The SMILES string of the molecule is CCC(C)[C@H](N)C(=O)NCC(C(=O)O)c1ccccc1. The lowest BCUT2D eigenvalue weighted by Gasteiger charge is -2.19. The van der Waals surface area contributed by atoms with Gasteiger partial charge in [-0.1, -0.05) is 50.6 Å².